The summed E-state index contributed by atoms with van der Waals surface area (Å²) in [7, 11) is 0. The molecule has 1 amide bonds. The van der Waals surface area contributed by atoms with Gasteiger partial charge in [-0.15, -0.1) is 10.2 Å². The van der Waals surface area contributed by atoms with E-state index in [0.717, 1.165) is 0 Å². The molecule has 1 aromatic heterocycles. The van der Waals surface area contributed by atoms with Gasteiger partial charge < -0.3 is 10.1 Å². The molecule has 0 bridgehead atoms. The summed E-state index contributed by atoms with van der Waals surface area (Å²) in [4.78, 5) is 11.2. The van der Waals surface area contributed by atoms with Gasteiger partial charge in [-0.2, -0.15) is 5.26 Å². The van der Waals surface area contributed by atoms with Crippen LogP contribution in [-0.2, 0) is 4.74 Å². The van der Waals surface area contributed by atoms with Crippen molar-refractivity contribution < 1.29 is 9.53 Å². The molecule has 0 saturated carbocycles. The first-order chi connectivity index (χ1) is 10.2. The smallest absolute Gasteiger partial charge is 0.412 e. The molecule has 0 aliphatic heterocycles. The maximum Gasteiger partial charge on any atom is 0.412 e. The van der Waals surface area contributed by atoms with Gasteiger partial charge in [0.05, 0.1) is 17.9 Å². The SMILES string of the molecule is CCOC(=O)Nc1ccc(Nc2ccccc2C#N)nn1. The summed E-state index contributed by atoms with van der Waals surface area (Å²) in [5.41, 5.74) is 1.15. The van der Waals surface area contributed by atoms with E-state index in [-0.39, 0.29) is 12.4 Å². The number of hydrogen-bond acceptors (Lipinski definition) is 6. The second-order valence-corrected chi connectivity index (χ2v) is 3.93. The number of hydrogen-bond donors (Lipinski definition) is 2. The normalized spacial score (nSPS) is 9.52. The van der Waals surface area contributed by atoms with E-state index < -0.39 is 6.09 Å². The molecule has 21 heavy (non-hydrogen) atoms. The fourth-order valence-corrected chi connectivity index (χ4v) is 1.56. The molecule has 0 spiro atoms. The Kier molecular flexibility index (Phi) is 4.66. The number of rotatable bonds is 4. The molecule has 7 heteroatoms. The minimum Gasteiger partial charge on any atom is -0.450 e. The van der Waals surface area contributed by atoms with E-state index in [1.54, 1.807) is 37.3 Å². The van der Waals surface area contributed by atoms with Crippen molar-refractivity contribution in [1.29, 1.82) is 5.26 Å². The third kappa shape index (κ3) is 3.91. The quantitative estimate of drug-likeness (QED) is 0.894. The van der Waals surface area contributed by atoms with E-state index in [9.17, 15) is 4.79 Å². The number of ether oxygens (including phenoxy) is 1. The highest BCUT2D eigenvalue weighted by Gasteiger charge is 2.05. The first kappa shape index (κ1) is 14.3. The number of nitriles is 1. The molecule has 106 valence electrons. The highest BCUT2D eigenvalue weighted by Crippen LogP contribution is 2.18. The van der Waals surface area contributed by atoms with E-state index >= 15 is 0 Å². The molecule has 2 rings (SSSR count). The van der Waals surface area contributed by atoms with Crippen LogP contribution in [0, 0.1) is 11.3 Å². The molecular weight excluding hydrogens is 270 g/mol. The predicted molar refractivity (Wildman–Crippen MR) is 77.1 cm³/mol. The Morgan fingerprint density at radius 3 is 2.62 bits per heavy atom. The van der Waals surface area contributed by atoms with Crippen LogP contribution >= 0.6 is 0 Å². The number of amides is 1. The van der Waals surface area contributed by atoms with Crippen molar-refractivity contribution in [3.8, 4) is 6.07 Å². The number of anilines is 3. The average molecular weight is 283 g/mol. The van der Waals surface area contributed by atoms with Crippen molar-refractivity contribution >= 4 is 23.4 Å². The van der Waals surface area contributed by atoms with Gasteiger partial charge in [-0.25, -0.2) is 4.79 Å². The molecule has 0 unspecified atom stereocenters. The molecule has 7 nitrogen and oxygen atoms in total. The summed E-state index contributed by atoms with van der Waals surface area (Å²) >= 11 is 0. The van der Waals surface area contributed by atoms with Crippen LogP contribution in [0.2, 0.25) is 0 Å². The van der Waals surface area contributed by atoms with Crippen molar-refractivity contribution in [2.24, 2.45) is 0 Å². The first-order valence-electron chi connectivity index (χ1n) is 6.26. The van der Waals surface area contributed by atoms with E-state index in [1.165, 1.54) is 0 Å². The average Bonchev–Trinajstić information content (AvgIpc) is 2.50. The van der Waals surface area contributed by atoms with Gasteiger partial charge in [0.25, 0.3) is 0 Å². The van der Waals surface area contributed by atoms with E-state index in [2.05, 4.69) is 26.9 Å². The maximum atomic E-state index is 11.2. The number of benzene rings is 1. The molecule has 0 radical (unpaired) electrons. The van der Waals surface area contributed by atoms with Crippen molar-refractivity contribution in [2.45, 2.75) is 6.92 Å². The fourth-order valence-electron chi connectivity index (χ4n) is 1.56. The van der Waals surface area contributed by atoms with Gasteiger partial charge in [0, 0.05) is 0 Å². The van der Waals surface area contributed by atoms with Crippen LogP contribution in [-0.4, -0.2) is 22.9 Å². The lowest BCUT2D eigenvalue weighted by atomic mass is 10.2. The maximum absolute atomic E-state index is 11.2. The highest BCUT2D eigenvalue weighted by molar-refractivity contribution is 5.83. The number of nitrogens with zero attached hydrogens (tertiary/aromatic N) is 3. The van der Waals surface area contributed by atoms with Crippen molar-refractivity contribution in [1.82, 2.24) is 10.2 Å². The highest BCUT2D eigenvalue weighted by atomic mass is 16.5. The third-order valence-electron chi connectivity index (χ3n) is 2.48. The number of carbonyl (C=O) groups is 1. The monoisotopic (exact) mass is 283 g/mol. The number of nitrogens with one attached hydrogen (secondary N) is 2. The zero-order chi connectivity index (χ0) is 15.1. The Hall–Kier alpha value is -3.14. The summed E-state index contributed by atoms with van der Waals surface area (Å²) in [6.45, 7) is 1.99. The molecular formula is C14H13N5O2. The molecule has 1 aromatic carbocycles. The standard InChI is InChI=1S/C14H13N5O2/c1-2-21-14(20)17-13-8-7-12(18-19-13)16-11-6-4-3-5-10(11)9-15/h3-8H,2H2,1H3,(H,16,18)(H,17,19,20). The summed E-state index contributed by atoms with van der Waals surface area (Å²) in [5.74, 6) is 0.750. The van der Waals surface area contributed by atoms with Crippen LogP contribution in [0.3, 0.4) is 0 Å². The van der Waals surface area contributed by atoms with Gasteiger partial charge >= 0.3 is 6.09 Å². The molecule has 2 N–H and O–H groups in total. The molecule has 0 aliphatic carbocycles. The Labute approximate surface area is 121 Å². The molecule has 0 saturated heterocycles. The van der Waals surface area contributed by atoms with Crippen LogP contribution in [0.4, 0.5) is 22.1 Å². The van der Waals surface area contributed by atoms with Gasteiger partial charge in [0.2, 0.25) is 0 Å². The molecule has 0 fully saturated rings. The summed E-state index contributed by atoms with van der Waals surface area (Å²) < 4.78 is 4.73. The Bertz CT molecular complexity index is 664. The summed E-state index contributed by atoms with van der Waals surface area (Å²) in [6.07, 6.45) is -0.581. The minimum absolute atomic E-state index is 0.282. The zero-order valence-corrected chi connectivity index (χ0v) is 11.3. The minimum atomic E-state index is -0.581. The molecule has 1 heterocycles. The predicted octanol–water partition coefficient (Wildman–Crippen LogP) is 2.66. The molecule has 0 aliphatic rings. The van der Waals surface area contributed by atoms with Crippen molar-refractivity contribution in [3.63, 3.8) is 0 Å². The second kappa shape index (κ2) is 6.86. The van der Waals surface area contributed by atoms with Gasteiger partial charge in [-0.05, 0) is 31.2 Å². The van der Waals surface area contributed by atoms with Gasteiger partial charge in [-0.3, -0.25) is 5.32 Å². The second-order valence-electron chi connectivity index (χ2n) is 3.93. The Morgan fingerprint density at radius 1 is 1.24 bits per heavy atom. The van der Waals surface area contributed by atoms with Crippen LogP contribution in [0.1, 0.15) is 12.5 Å². The van der Waals surface area contributed by atoms with E-state index in [0.29, 0.717) is 17.1 Å². The lowest BCUT2D eigenvalue weighted by Gasteiger charge is -2.07. The Morgan fingerprint density at radius 2 is 1.95 bits per heavy atom. The fraction of sp³-hybridized carbons (Fsp3) is 0.143. The van der Waals surface area contributed by atoms with Crippen molar-refractivity contribution in [2.75, 3.05) is 17.2 Å². The number of carbonyl (C=O) groups excluding carboxylic acids is 1. The number of aromatic nitrogens is 2. The zero-order valence-electron chi connectivity index (χ0n) is 11.3. The Balaban J connectivity index is 2.06. The van der Waals surface area contributed by atoms with Crippen LogP contribution < -0.4 is 10.6 Å². The lowest BCUT2D eigenvalue weighted by Crippen LogP contribution is -2.14. The van der Waals surface area contributed by atoms with Gasteiger partial charge in [0.15, 0.2) is 11.6 Å². The van der Waals surface area contributed by atoms with E-state index in [4.69, 9.17) is 10.00 Å². The molecule has 2 aromatic rings. The van der Waals surface area contributed by atoms with Crippen LogP contribution in [0.5, 0.6) is 0 Å². The third-order valence-corrected chi connectivity index (χ3v) is 2.48. The summed E-state index contributed by atoms with van der Waals surface area (Å²) in [6, 6.07) is 12.4. The summed E-state index contributed by atoms with van der Waals surface area (Å²) in [5, 5.41) is 22.2. The topological polar surface area (TPSA) is 99.9 Å². The van der Waals surface area contributed by atoms with Crippen LogP contribution in [0.15, 0.2) is 36.4 Å². The van der Waals surface area contributed by atoms with Gasteiger partial charge in [0.1, 0.15) is 6.07 Å². The van der Waals surface area contributed by atoms with E-state index in [1.807, 2.05) is 6.07 Å². The van der Waals surface area contributed by atoms with Crippen molar-refractivity contribution in [3.05, 3.63) is 42.0 Å². The van der Waals surface area contributed by atoms with Crippen LogP contribution in [0.25, 0.3) is 0 Å². The number of para-hydroxylation sites is 1. The first-order valence-corrected chi connectivity index (χ1v) is 6.26. The molecule has 0 atom stereocenters. The lowest BCUT2D eigenvalue weighted by molar-refractivity contribution is 0.168. The largest absolute Gasteiger partial charge is 0.450 e. The van der Waals surface area contributed by atoms with Gasteiger partial charge in [-0.1, -0.05) is 12.1 Å².